The zero-order chi connectivity index (χ0) is 38.2. The average Bonchev–Trinajstić information content (AvgIpc) is 4.00. The third-order valence-electron chi connectivity index (χ3n) is 12.5. The summed E-state index contributed by atoms with van der Waals surface area (Å²) in [6.07, 6.45) is 2.24. The van der Waals surface area contributed by atoms with Gasteiger partial charge in [0.2, 0.25) is 0 Å². The van der Waals surface area contributed by atoms with E-state index >= 15 is 0 Å². The SMILES string of the molecule is c1ccc(-c2ccccc2N(c2ccc3c(c2)C2(CC2)c2cccc4c(N(c5ccccc5)c5ccccc5)ccc-3c24)c2cccc3c2oc2ccccc23)cc1. The molecule has 58 heavy (non-hydrogen) atoms. The molecule has 274 valence electrons. The summed E-state index contributed by atoms with van der Waals surface area (Å²) >= 11 is 0. The highest BCUT2D eigenvalue weighted by atomic mass is 16.3. The minimum absolute atomic E-state index is 0.0587. The zero-order valence-corrected chi connectivity index (χ0v) is 31.8. The molecule has 0 amide bonds. The minimum atomic E-state index is -0.0587. The summed E-state index contributed by atoms with van der Waals surface area (Å²) in [4.78, 5) is 4.84. The molecule has 0 N–H and O–H groups in total. The predicted octanol–water partition coefficient (Wildman–Crippen LogP) is 15.4. The van der Waals surface area contributed by atoms with Crippen molar-refractivity contribution >= 4 is 66.8 Å². The standard InChI is InChI=1S/C55H38N2O/c1-4-16-37(17-5-1)41-22-10-12-27-49(41)57(51-28-15-24-45-43-23-11-13-29-52(43)58-54(45)51)40-30-31-42-44-32-33-50(56(38-18-6-2-7-19-38)39-20-8-3-9-21-39)46-25-14-26-47(53(44)46)55(34-35-55)48(42)36-40/h1-33,36H,34-35H2. The molecule has 0 atom stereocenters. The molecular weight excluding hydrogens is 705 g/mol. The number of nitrogens with zero attached hydrogens (tertiary/aromatic N) is 2. The number of furan rings is 1. The summed E-state index contributed by atoms with van der Waals surface area (Å²) in [5.74, 6) is 0. The van der Waals surface area contributed by atoms with Crippen LogP contribution in [-0.4, -0.2) is 0 Å². The first-order valence-corrected chi connectivity index (χ1v) is 20.2. The van der Waals surface area contributed by atoms with Crippen LogP contribution < -0.4 is 9.80 Å². The van der Waals surface area contributed by atoms with Gasteiger partial charge < -0.3 is 14.2 Å². The zero-order valence-electron chi connectivity index (χ0n) is 31.8. The molecule has 0 aliphatic heterocycles. The minimum Gasteiger partial charge on any atom is -0.454 e. The summed E-state index contributed by atoms with van der Waals surface area (Å²) < 4.78 is 6.75. The molecule has 2 aliphatic carbocycles. The molecule has 3 nitrogen and oxygen atoms in total. The van der Waals surface area contributed by atoms with Crippen molar-refractivity contribution in [3.05, 3.63) is 217 Å². The van der Waals surface area contributed by atoms with Gasteiger partial charge in [0.1, 0.15) is 5.58 Å². The summed E-state index contributed by atoms with van der Waals surface area (Å²) in [5, 5.41) is 4.88. The first-order valence-electron chi connectivity index (χ1n) is 20.2. The van der Waals surface area contributed by atoms with Crippen LogP contribution in [-0.2, 0) is 5.41 Å². The van der Waals surface area contributed by atoms with E-state index in [4.69, 9.17) is 4.42 Å². The van der Waals surface area contributed by atoms with Crippen molar-refractivity contribution in [1.82, 2.24) is 0 Å². The van der Waals surface area contributed by atoms with Crippen molar-refractivity contribution in [3.63, 3.8) is 0 Å². The maximum atomic E-state index is 6.75. The van der Waals surface area contributed by atoms with Gasteiger partial charge in [-0.15, -0.1) is 0 Å². The number of hydrogen-bond donors (Lipinski definition) is 0. The van der Waals surface area contributed by atoms with E-state index in [0.29, 0.717) is 0 Å². The third-order valence-corrected chi connectivity index (χ3v) is 12.5. The second kappa shape index (κ2) is 12.8. The number of hydrogen-bond acceptors (Lipinski definition) is 3. The molecular formula is C55H38N2O. The van der Waals surface area contributed by atoms with Gasteiger partial charge in [0, 0.05) is 44.2 Å². The summed E-state index contributed by atoms with van der Waals surface area (Å²) in [7, 11) is 0. The number of fused-ring (bicyclic) bond motifs is 7. The topological polar surface area (TPSA) is 19.6 Å². The Morgan fingerprint density at radius 2 is 1.00 bits per heavy atom. The molecule has 0 radical (unpaired) electrons. The molecule has 10 aromatic rings. The van der Waals surface area contributed by atoms with Gasteiger partial charge in [-0.1, -0.05) is 146 Å². The van der Waals surface area contributed by atoms with Gasteiger partial charge in [-0.3, -0.25) is 0 Å². The van der Waals surface area contributed by atoms with Crippen molar-refractivity contribution in [2.45, 2.75) is 18.3 Å². The lowest BCUT2D eigenvalue weighted by molar-refractivity contribution is 0.669. The predicted molar refractivity (Wildman–Crippen MR) is 241 cm³/mol. The Morgan fingerprint density at radius 1 is 0.379 bits per heavy atom. The van der Waals surface area contributed by atoms with Gasteiger partial charge >= 0.3 is 0 Å². The highest BCUT2D eigenvalue weighted by molar-refractivity contribution is 6.13. The molecule has 12 rings (SSSR count). The normalized spacial score (nSPS) is 13.5. The van der Waals surface area contributed by atoms with E-state index < -0.39 is 0 Å². The molecule has 1 fully saturated rings. The summed E-state index contributed by atoms with van der Waals surface area (Å²) in [6.45, 7) is 0. The quantitative estimate of drug-likeness (QED) is 0.162. The van der Waals surface area contributed by atoms with E-state index in [1.807, 2.05) is 6.07 Å². The van der Waals surface area contributed by atoms with Crippen LogP contribution in [0.3, 0.4) is 0 Å². The van der Waals surface area contributed by atoms with E-state index in [1.54, 1.807) is 0 Å². The number of para-hydroxylation sites is 5. The van der Waals surface area contributed by atoms with Gasteiger partial charge in [0.05, 0.1) is 17.1 Å². The van der Waals surface area contributed by atoms with Crippen LogP contribution in [0.15, 0.2) is 211 Å². The Hall–Kier alpha value is -7.36. The fourth-order valence-electron chi connectivity index (χ4n) is 9.75. The first kappa shape index (κ1) is 32.8. The highest BCUT2D eigenvalue weighted by Crippen LogP contribution is 2.63. The largest absolute Gasteiger partial charge is 0.454 e. The summed E-state index contributed by atoms with van der Waals surface area (Å²) in [5.41, 5.74) is 16.2. The third kappa shape index (κ3) is 4.93. The van der Waals surface area contributed by atoms with E-state index in [2.05, 4.69) is 210 Å². The van der Waals surface area contributed by atoms with Crippen LogP contribution in [0.25, 0.3) is 55.0 Å². The maximum Gasteiger partial charge on any atom is 0.159 e. The lowest BCUT2D eigenvalue weighted by atomic mass is 9.74. The second-order valence-corrected chi connectivity index (χ2v) is 15.6. The van der Waals surface area contributed by atoms with E-state index in [-0.39, 0.29) is 5.41 Å². The lowest BCUT2D eigenvalue weighted by Gasteiger charge is -2.34. The van der Waals surface area contributed by atoms with E-state index in [1.165, 1.54) is 49.8 Å². The first-order chi connectivity index (χ1) is 28.8. The Labute approximate surface area is 337 Å². The van der Waals surface area contributed by atoms with Gasteiger partial charge in [-0.2, -0.15) is 0 Å². The van der Waals surface area contributed by atoms with Gasteiger partial charge in [-0.25, -0.2) is 0 Å². The molecule has 1 heterocycles. The maximum absolute atomic E-state index is 6.75. The highest BCUT2D eigenvalue weighted by Gasteiger charge is 2.51. The lowest BCUT2D eigenvalue weighted by Crippen LogP contribution is -2.18. The molecule has 1 saturated carbocycles. The molecule has 1 aromatic heterocycles. The smallest absolute Gasteiger partial charge is 0.159 e. The van der Waals surface area contributed by atoms with Gasteiger partial charge in [0.15, 0.2) is 5.58 Å². The molecule has 3 heteroatoms. The Bertz CT molecular complexity index is 3140. The van der Waals surface area contributed by atoms with Crippen molar-refractivity contribution in [3.8, 4) is 22.3 Å². The molecule has 2 aliphatic rings. The van der Waals surface area contributed by atoms with Crippen LogP contribution in [0.5, 0.6) is 0 Å². The van der Waals surface area contributed by atoms with Crippen molar-refractivity contribution < 1.29 is 4.42 Å². The molecule has 9 aromatic carbocycles. The molecule has 0 bridgehead atoms. The monoisotopic (exact) mass is 742 g/mol. The van der Waals surface area contributed by atoms with Crippen molar-refractivity contribution in [2.75, 3.05) is 9.80 Å². The fraction of sp³-hybridized carbons (Fsp3) is 0.0545. The Balaban J connectivity index is 1.08. The average molecular weight is 743 g/mol. The van der Waals surface area contributed by atoms with Crippen LogP contribution in [0.2, 0.25) is 0 Å². The van der Waals surface area contributed by atoms with E-state index in [0.717, 1.165) is 63.2 Å². The van der Waals surface area contributed by atoms with Gasteiger partial charge in [-0.05, 0) is 107 Å². The van der Waals surface area contributed by atoms with Crippen LogP contribution in [0, 0.1) is 0 Å². The second-order valence-electron chi connectivity index (χ2n) is 15.6. The molecule has 0 saturated heterocycles. The van der Waals surface area contributed by atoms with Gasteiger partial charge in [0.25, 0.3) is 0 Å². The van der Waals surface area contributed by atoms with Crippen molar-refractivity contribution in [1.29, 1.82) is 0 Å². The number of rotatable bonds is 7. The molecule has 0 unspecified atom stereocenters. The Morgan fingerprint density at radius 3 is 1.78 bits per heavy atom. The fourth-order valence-corrected chi connectivity index (χ4v) is 9.75. The number of benzene rings is 9. The van der Waals surface area contributed by atoms with Crippen LogP contribution >= 0.6 is 0 Å². The summed E-state index contributed by atoms with van der Waals surface area (Å²) in [6, 6.07) is 74.8. The Kier molecular flexibility index (Phi) is 7.27. The van der Waals surface area contributed by atoms with E-state index in [9.17, 15) is 0 Å². The molecule has 1 spiro atoms. The number of anilines is 6. The van der Waals surface area contributed by atoms with Crippen LogP contribution in [0.1, 0.15) is 24.0 Å². The van der Waals surface area contributed by atoms with Crippen molar-refractivity contribution in [2.24, 2.45) is 0 Å². The van der Waals surface area contributed by atoms with Crippen LogP contribution in [0.4, 0.5) is 34.1 Å².